The van der Waals surface area contributed by atoms with Crippen LogP contribution in [-0.2, 0) is 9.59 Å². The molecule has 1 saturated heterocycles. The lowest BCUT2D eigenvalue weighted by Gasteiger charge is -1.99. The van der Waals surface area contributed by atoms with Crippen molar-refractivity contribution in [3.63, 3.8) is 0 Å². The molecule has 0 aromatic heterocycles. The van der Waals surface area contributed by atoms with Crippen LogP contribution in [0.5, 0.6) is 0 Å². The summed E-state index contributed by atoms with van der Waals surface area (Å²) in [5, 5.41) is 9.74. The van der Waals surface area contributed by atoms with Gasteiger partial charge < -0.3 is 5.32 Å². The maximum Gasteiger partial charge on any atom is 0.279 e. The van der Waals surface area contributed by atoms with E-state index in [4.69, 9.17) is 0 Å². The Hall–Kier alpha value is -1.17. The summed E-state index contributed by atoms with van der Waals surface area (Å²) in [5.41, 5.74) is 0.761. The van der Waals surface area contributed by atoms with E-state index in [1.165, 1.54) is 6.92 Å². The largest absolute Gasteiger partial charge is 0.331 e. The predicted molar refractivity (Wildman–Crippen MR) is 56.4 cm³/mol. The summed E-state index contributed by atoms with van der Waals surface area (Å²) >= 11 is 1.10. The first-order valence-corrected chi connectivity index (χ1v) is 4.95. The summed E-state index contributed by atoms with van der Waals surface area (Å²) in [4.78, 5) is 22.2. The molecule has 14 heavy (non-hydrogen) atoms. The van der Waals surface area contributed by atoms with Gasteiger partial charge in [0.25, 0.3) is 5.91 Å². The number of carbonyl (C=O) groups is 2. The molecule has 0 spiro atoms. The number of nitrogens with zero attached hydrogens (tertiary/aromatic N) is 2. The molecular weight excluding hydrogens is 202 g/mol. The molecule has 1 rings (SSSR count). The smallest absolute Gasteiger partial charge is 0.279 e. The van der Waals surface area contributed by atoms with Gasteiger partial charge in [-0.25, -0.2) is 0 Å². The number of nitrogens with one attached hydrogen (secondary N) is 1. The highest BCUT2D eigenvalue weighted by Gasteiger charge is 2.31. The van der Waals surface area contributed by atoms with E-state index in [0.717, 1.165) is 17.5 Å². The molecule has 1 atom stereocenters. The third kappa shape index (κ3) is 2.66. The first kappa shape index (κ1) is 10.9. The molecule has 1 N–H and O–H groups in total. The van der Waals surface area contributed by atoms with Gasteiger partial charge in [0.2, 0.25) is 0 Å². The van der Waals surface area contributed by atoms with E-state index >= 15 is 0 Å². The predicted octanol–water partition coefficient (Wildman–Crippen LogP) is 0.559. The average Bonchev–Trinajstić information content (AvgIpc) is 2.43. The molecule has 0 aliphatic carbocycles. The second-order valence-corrected chi connectivity index (χ2v) is 4.13. The molecule has 1 amide bonds. The van der Waals surface area contributed by atoms with Crippen molar-refractivity contribution in [3.8, 4) is 0 Å². The van der Waals surface area contributed by atoms with Crippen LogP contribution in [0.3, 0.4) is 0 Å². The van der Waals surface area contributed by atoms with Gasteiger partial charge in [0.05, 0.1) is 0 Å². The van der Waals surface area contributed by atoms with Crippen LogP contribution in [0.15, 0.2) is 10.2 Å². The zero-order chi connectivity index (χ0) is 10.7. The number of hydrogen-bond donors (Lipinski definition) is 1. The topological polar surface area (TPSA) is 70.9 Å². The Morgan fingerprint density at radius 3 is 2.50 bits per heavy atom. The molecule has 76 valence electrons. The van der Waals surface area contributed by atoms with Crippen molar-refractivity contribution in [2.75, 3.05) is 0 Å². The van der Waals surface area contributed by atoms with Crippen LogP contribution in [0, 0.1) is 0 Å². The molecule has 0 aromatic rings. The van der Waals surface area contributed by atoms with E-state index in [9.17, 15) is 9.59 Å². The maximum absolute atomic E-state index is 11.2. The molecule has 0 saturated carbocycles. The van der Waals surface area contributed by atoms with Crippen LogP contribution in [0.25, 0.3) is 0 Å². The van der Waals surface area contributed by atoms with Gasteiger partial charge in [-0.2, -0.15) is 5.10 Å². The molecule has 0 aromatic carbocycles. The van der Waals surface area contributed by atoms with Crippen molar-refractivity contribution in [2.24, 2.45) is 10.2 Å². The standard InChI is InChI=1S/C8H11N3O2S/c1-4(2)10-11-8-6(13)9-7(14-8)5(3)12/h7H,1-3H3,(H,9,13). The second-order valence-electron chi connectivity index (χ2n) is 3.03. The molecule has 1 fully saturated rings. The molecule has 6 heteroatoms. The fraction of sp³-hybridized carbons (Fsp3) is 0.500. The lowest BCUT2D eigenvalue weighted by Crippen LogP contribution is -2.30. The van der Waals surface area contributed by atoms with Crippen molar-refractivity contribution >= 4 is 34.2 Å². The van der Waals surface area contributed by atoms with Crippen LogP contribution < -0.4 is 5.32 Å². The summed E-state index contributed by atoms with van der Waals surface area (Å²) in [6.45, 7) is 4.99. The number of Topliss-reactive ketones (excluding diaryl/α,β-unsaturated/α-hetero) is 1. The van der Waals surface area contributed by atoms with Gasteiger partial charge in [-0.05, 0) is 20.8 Å². The quantitative estimate of drug-likeness (QED) is 0.538. The number of ketones is 1. The Labute approximate surface area is 86.0 Å². The summed E-state index contributed by atoms with van der Waals surface area (Å²) in [6.07, 6.45) is 0. The summed E-state index contributed by atoms with van der Waals surface area (Å²) in [5.74, 6) is -0.425. The van der Waals surface area contributed by atoms with Gasteiger partial charge >= 0.3 is 0 Å². The van der Waals surface area contributed by atoms with E-state index in [0.29, 0.717) is 0 Å². The Morgan fingerprint density at radius 2 is 2.07 bits per heavy atom. The third-order valence-corrected chi connectivity index (χ3v) is 2.57. The molecule has 1 aliphatic rings. The van der Waals surface area contributed by atoms with E-state index in [2.05, 4.69) is 15.5 Å². The molecule has 1 unspecified atom stereocenters. The Balaban J connectivity index is 2.75. The van der Waals surface area contributed by atoms with Gasteiger partial charge in [0.1, 0.15) is 5.37 Å². The fourth-order valence-corrected chi connectivity index (χ4v) is 1.58. The highest BCUT2D eigenvalue weighted by molar-refractivity contribution is 8.17. The number of carbonyl (C=O) groups excluding carboxylic acids is 2. The second kappa shape index (κ2) is 4.36. The zero-order valence-corrected chi connectivity index (χ0v) is 9.01. The average molecular weight is 213 g/mol. The minimum atomic E-state index is -0.506. The first-order valence-electron chi connectivity index (χ1n) is 4.07. The number of amides is 1. The molecule has 1 heterocycles. The van der Waals surface area contributed by atoms with Crippen LogP contribution in [0.1, 0.15) is 20.8 Å². The minimum Gasteiger partial charge on any atom is -0.331 e. The van der Waals surface area contributed by atoms with Gasteiger partial charge in [-0.3, -0.25) is 9.59 Å². The van der Waals surface area contributed by atoms with Gasteiger partial charge in [-0.15, -0.1) is 5.10 Å². The van der Waals surface area contributed by atoms with Gasteiger partial charge in [0.15, 0.2) is 10.8 Å². The van der Waals surface area contributed by atoms with Crippen LogP contribution in [-0.4, -0.2) is 27.8 Å². The van der Waals surface area contributed by atoms with Crippen LogP contribution >= 0.6 is 11.8 Å². The lowest BCUT2D eigenvalue weighted by atomic mass is 10.4. The van der Waals surface area contributed by atoms with E-state index in [1.807, 2.05) is 0 Å². The summed E-state index contributed by atoms with van der Waals surface area (Å²) in [6, 6.07) is 0. The molecule has 1 aliphatic heterocycles. The fourth-order valence-electron chi connectivity index (χ4n) is 0.774. The third-order valence-electron chi connectivity index (χ3n) is 1.40. The van der Waals surface area contributed by atoms with Crippen molar-refractivity contribution in [1.82, 2.24) is 5.32 Å². The number of thioether (sulfide) groups is 1. The molecule has 0 radical (unpaired) electrons. The van der Waals surface area contributed by atoms with E-state index in [1.54, 1.807) is 13.8 Å². The number of hydrogen-bond acceptors (Lipinski definition) is 5. The Kier molecular flexibility index (Phi) is 3.40. The summed E-state index contributed by atoms with van der Waals surface area (Å²) < 4.78 is 0. The van der Waals surface area contributed by atoms with Crippen molar-refractivity contribution in [2.45, 2.75) is 26.1 Å². The number of rotatable bonds is 2. The molecule has 5 nitrogen and oxygen atoms in total. The van der Waals surface area contributed by atoms with E-state index < -0.39 is 5.37 Å². The van der Waals surface area contributed by atoms with E-state index in [-0.39, 0.29) is 16.7 Å². The molecule has 0 bridgehead atoms. The normalized spacial score (nSPS) is 23.5. The Morgan fingerprint density at radius 1 is 1.43 bits per heavy atom. The zero-order valence-electron chi connectivity index (χ0n) is 8.20. The van der Waals surface area contributed by atoms with Crippen molar-refractivity contribution in [1.29, 1.82) is 0 Å². The highest BCUT2D eigenvalue weighted by Crippen LogP contribution is 2.19. The SMILES string of the molecule is CC(=O)C1NC(=O)C(=NN=C(C)C)S1. The Bertz CT molecular complexity index is 331. The minimum absolute atomic E-state index is 0.0919. The van der Waals surface area contributed by atoms with Crippen molar-refractivity contribution in [3.05, 3.63) is 0 Å². The summed E-state index contributed by atoms with van der Waals surface area (Å²) in [7, 11) is 0. The molecular formula is C8H11N3O2S. The van der Waals surface area contributed by atoms with Crippen LogP contribution in [0.4, 0.5) is 0 Å². The highest BCUT2D eigenvalue weighted by atomic mass is 32.2. The maximum atomic E-state index is 11.2. The lowest BCUT2D eigenvalue weighted by molar-refractivity contribution is -0.120. The van der Waals surface area contributed by atoms with Gasteiger partial charge in [0, 0.05) is 5.71 Å². The van der Waals surface area contributed by atoms with Crippen LogP contribution in [0.2, 0.25) is 0 Å². The first-order chi connectivity index (χ1) is 6.50. The van der Waals surface area contributed by atoms with Crippen molar-refractivity contribution < 1.29 is 9.59 Å². The monoisotopic (exact) mass is 213 g/mol. The van der Waals surface area contributed by atoms with Gasteiger partial charge in [-0.1, -0.05) is 11.8 Å².